The van der Waals surface area contributed by atoms with E-state index < -0.39 is 10.2 Å². The Balaban J connectivity index is 1.93. The molecular weight excluding hydrogens is 286 g/mol. The third kappa shape index (κ3) is 4.18. The van der Waals surface area contributed by atoms with Crippen LogP contribution in [0.15, 0.2) is 24.3 Å². The number of rotatable bonds is 8. The molecule has 1 aliphatic rings. The monoisotopic (exact) mass is 311 g/mol. The zero-order valence-electron chi connectivity index (χ0n) is 13.0. The van der Waals surface area contributed by atoms with Gasteiger partial charge in [0.1, 0.15) is 0 Å². The molecule has 0 radical (unpaired) electrons. The van der Waals surface area contributed by atoms with Crippen molar-refractivity contribution < 1.29 is 8.42 Å². The summed E-state index contributed by atoms with van der Waals surface area (Å²) in [6.07, 6.45) is 3.34. The van der Waals surface area contributed by atoms with Gasteiger partial charge >= 0.3 is 10.2 Å². The molecule has 1 fully saturated rings. The van der Waals surface area contributed by atoms with Crippen LogP contribution in [0.4, 0.5) is 5.69 Å². The first-order chi connectivity index (χ1) is 9.93. The first kappa shape index (κ1) is 16.3. The van der Waals surface area contributed by atoms with Crippen molar-refractivity contribution in [3.05, 3.63) is 29.8 Å². The fraction of sp³-hybridized carbons (Fsp3) is 0.600. The van der Waals surface area contributed by atoms with E-state index in [1.165, 1.54) is 21.5 Å². The molecule has 0 bridgehead atoms. The third-order valence-corrected chi connectivity index (χ3v) is 5.71. The van der Waals surface area contributed by atoms with E-state index in [4.69, 9.17) is 0 Å². The molecule has 21 heavy (non-hydrogen) atoms. The molecule has 1 aromatic carbocycles. The van der Waals surface area contributed by atoms with Crippen LogP contribution >= 0.6 is 0 Å². The highest BCUT2D eigenvalue weighted by molar-refractivity contribution is 7.90. The van der Waals surface area contributed by atoms with Gasteiger partial charge in [0.05, 0.1) is 5.69 Å². The van der Waals surface area contributed by atoms with E-state index in [0.717, 1.165) is 24.2 Å². The van der Waals surface area contributed by atoms with E-state index in [9.17, 15) is 8.42 Å². The van der Waals surface area contributed by atoms with Gasteiger partial charge in [-0.2, -0.15) is 12.7 Å². The van der Waals surface area contributed by atoms with Gasteiger partial charge in [-0.05, 0) is 44.4 Å². The van der Waals surface area contributed by atoms with Crippen molar-refractivity contribution in [3.63, 3.8) is 0 Å². The quantitative estimate of drug-likeness (QED) is 0.744. The average molecular weight is 311 g/mol. The van der Waals surface area contributed by atoms with Crippen LogP contribution < -0.4 is 9.62 Å². The van der Waals surface area contributed by atoms with Gasteiger partial charge in [-0.3, -0.25) is 4.31 Å². The fourth-order valence-electron chi connectivity index (χ4n) is 2.26. The van der Waals surface area contributed by atoms with Gasteiger partial charge in [-0.25, -0.2) is 0 Å². The molecule has 0 saturated heterocycles. The van der Waals surface area contributed by atoms with Gasteiger partial charge in [0.25, 0.3) is 0 Å². The summed E-state index contributed by atoms with van der Waals surface area (Å²) in [5.74, 6) is 0. The largest absolute Gasteiger partial charge is 0.314 e. The number of anilines is 1. The molecule has 6 heteroatoms. The van der Waals surface area contributed by atoms with Crippen molar-refractivity contribution in [2.45, 2.75) is 32.2 Å². The molecule has 0 unspecified atom stereocenters. The number of nitrogens with one attached hydrogen (secondary N) is 1. The number of hydrogen-bond donors (Lipinski definition) is 1. The Labute approximate surface area is 128 Å². The normalized spacial score (nSPS) is 15.4. The second-order valence-electron chi connectivity index (χ2n) is 5.67. The molecule has 0 aromatic heterocycles. The van der Waals surface area contributed by atoms with Crippen LogP contribution in [0.2, 0.25) is 0 Å². The molecule has 0 aliphatic heterocycles. The Morgan fingerprint density at radius 3 is 2.52 bits per heavy atom. The molecule has 2 rings (SSSR count). The summed E-state index contributed by atoms with van der Waals surface area (Å²) in [4.78, 5) is 0. The topological polar surface area (TPSA) is 52.7 Å². The molecule has 1 aliphatic carbocycles. The second-order valence-corrected chi connectivity index (χ2v) is 7.73. The van der Waals surface area contributed by atoms with E-state index in [1.54, 1.807) is 14.1 Å². The van der Waals surface area contributed by atoms with Crippen molar-refractivity contribution >= 4 is 15.9 Å². The van der Waals surface area contributed by atoms with Crippen molar-refractivity contribution in [3.8, 4) is 0 Å². The molecule has 1 N–H and O–H groups in total. The lowest BCUT2D eigenvalue weighted by atomic mass is 10.2. The van der Waals surface area contributed by atoms with E-state index in [0.29, 0.717) is 12.6 Å². The zero-order chi connectivity index (χ0) is 15.5. The molecular formula is C15H25N3O2S. The van der Waals surface area contributed by atoms with E-state index in [-0.39, 0.29) is 0 Å². The van der Waals surface area contributed by atoms with Crippen molar-refractivity contribution in [1.29, 1.82) is 0 Å². The van der Waals surface area contributed by atoms with Crippen molar-refractivity contribution in [2.24, 2.45) is 0 Å². The minimum atomic E-state index is -3.46. The van der Waals surface area contributed by atoms with Crippen LogP contribution in [0.3, 0.4) is 0 Å². The second kappa shape index (κ2) is 6.77. The van der Waals surface area contributed by atoms with Crippen LogP contribution in [0.25, 0.3) is 0 Å². The standard InChI is InChI=1S/C15H25N3O2S/c1-13-7-4-5-8-15(13)18(3)21(19,20)17(2)12-6-11-16-14-9-10-14/h4-5,7-8,14,16H,6,9-12H2,1-3H3. The van der Waals surface area contributed by atoms with Crippen LogP contribution in [-0.2, 0) is 10.2 Å². The predicted octanol–water partition coefficient (Wildman–Crippen LogP) is 1.75. The predicted molar refractivity (Wildman–Crippen MR) is 86.8 cm³/mol. The summed E-state index contributed by atoms with van der Waals surface area (Å²) in [5, 5.41) is 3.40. The summed E-state index contributed by atoms with van der Waals surface area (Å²) < 4.78 is 27.9. The number of aryl methyl sites for hydroxylation is 1. The first-order valence-corrected chi connectivity index (χ1v) is 8.82. The maximum absolute atomic E-state index is 12.6. The van der Waals surface area contributed by atoms with Crippen molar-refractivity contribution in [1.82, 2.24) is 9.62 Å². The minimum absolute atomic E-state index is 0.526. The summed E-state index contributed by atoms with van der Waals surface area (Å²) >= 11 is 0. The van der Waals surface area contributed by atoms with Gasteiger partial charge in [0.15, 0.2) is 0 Å². The lowest BCUT2D eigenvalue weighted by Crippen LogP contribution is -2.41. The van der Waals surface area contributed by atoms with Gasteiger partial charge in [0.2, 0.25) is 0 Å². The van der Waals surface area contributed by atoms with Crippen LogP contribution in [0, 0.1) is 6.92 Å². The van der Waals surface area contributed by atoms with Gasteiger partial charge in [0, 0.05) is 26.7 Å². The summed E-state index contributed by atoms with van der Waals surface area (Å²) in [6, 6.07) is 8.18. The highest BCUT2D eigenvalue weighted by Gasteiger charge is 2.25. The van der Waals surface area contributed by atoms with Crippen LogP contribution in [0.5, 0.6) is 0 Å². The minimum Gasteiger partial charge on any atom is -0.314 e. The highest BCUT2D eigenvalue weighted by Crippen LogP contribution is 2.22. The van der Waals surface area contributed by atoms with Crippen LogP contribution in [-0.4, -0.2) is 45.9 Å². The summed E-state index contributed by atoms with van der Waals surface area (Å²) in [7, 11) is -0.213. The number of nitrogens with zero attached hydrogens (tertiary/aromatic N) is 2. The molecule has 0 atom stereocenters. The highest BCUT2D eigenvalue weighted by atomic mass is 32.2. The lowest BCUT2D eigenvalue weighted by Gasteiger charge is -2.27. The third-order valence-electron chi connectivity index (χ3n) is 3.85. The number of hydrogen-bond acceptors (Lipinski definition) is 3. The Morgan fingerprint density at radius 2 is 1.90 bits per heavy atom. The van der Waals surface area contributed by atoms with Gasteiger partial charge < -0.3 is 5.32 Å². The molecule has 0 spiro atoms. The van der Waals surface area contributed by atoms with Gasteiger partial charge in [-0.1, -0.05) is 18.2 Å². The molecule has 1 aromatic rings. The van der Waals surface area contributed by atoms with E-state index in [2.05, 4.69) is 5.32 Å². The Hall–Kier alpha value is -1.11. The van der Waals surface area contributed by atoms with Crippen LogP contribution in [0.1, 0.15) is 24.8 Å². The smallest absolute Gasteiger partial charge is 0.303 e. The Bertz CT molecular complexity index is 570. The molecule has 0 heterocycles. The molecule has 118 valence electrons. The lowest BCUT2D eigenvalue weighted by molar-refractivity contribution is 0.452. The average Bonchev–Trinajstić information content (AvgIpc) is 3.27. The molecule has 5 nitrogen and oxygen atoms in total. The SMILES string of the molecule is Cc1ccccc1N(C)S(=O)(=O)N(C)CCCNC1CC1. The first-order valence-electron chi connectivity index (χ1n) is 7.42. The summed E-state index contributed by atoms with van der Waals surface area (Å²) in [6.45, 7) is 3.32. The Kier molecular flexibility index (Phi) is 5.24. The number of para-hydroxylation sites is 1. The molecule has 1 saturated carbocycles. The number of benzene rings is 1. The fourth-order valence-corrected chi connectivity index (χ4v) is 3.49. The zero-order valence-corrected chi connectivity index (χ0v) is 13.9. The Morgan fingerprint density at radius 1 is 1.24 bits per heavy atom. The van der Waals surface area contributed by atoms with E-state index in [1.807, 2.05) is 31.2 Å². The maximum atomic E-state index is 12.6. The van der Waals surface area contributed by atoms with Crippen molar-refractivity contribution in [2.75, 3.05) is 31.5 Å². The van der Waals surface area contributed by atoms with Gasteiger partial charge in [-0.15, -0.1) is 0 Å². The maximum Gasteiger partial charge on any atom is 0.303 e. The van der Waals surface area contributed by atoms with E-state index >= 15 is 0 Å². The molecule has 0 amide bonds. The summed E-state index contributed by atoms with van der Waals surface area (Å²) in [5.41, 5.74) is 1.67.